The molecule has 66 valence electrons. The number of nitrogens with zero attached hydrogens (tertiary/aromatic N) is 2. The van der Waals surface area contributed by atoms with Crippen LogP contribution in [0.3, 0.4) is 0 Å². The molecule has 3 heteroatoms. The number of rotatable bonds is 1. The van der Waals surface area contributed by atoms with Crippen molar-refractivity contribution in [2.75, 3.05) is 12.4 Å². The maximum atomic E-state index is 4.33. The molecule has 1 N–H and O–H groups in total. The summed E-state index contributed by atoms with van der Waals surface area (Å²) in [7, 11) is 1.90. The van der Waals surface area contributed by atoms with E-state index < -0.39 is 0 Å². The van der Waals surface area contributed by atoms with Crippen molar-refractivity contribution < 1.29 is 0 Å². The molecule has 0 bridgehead atoms. The fourth-order valence-corrected chi connectivity index (χ4v) is 1.34. The highest BCUT2D eigenvalue weighted by molar-refractivity contribution is 5.88. The van der Waals surface area contributed by atoms with Gasteiger partial charge in [-0.2, -0.15) is 0 Å². The van der Waals surface area contributed by atoms with Gasteiger partial charge in [0.25, 0.3) is 0 Å². The Hall–Kier alpha value is -1.64. The summed E-state index contributed by atoms with van der Waals surface area (Å²) in [6.45, 7) is 1.97. The zero-order chi connectivity index (χ0) is 9.26. The summed E-state index contributed by atoms with van der Waals surface area (Å²) >= 11 is 0. The lowest BCUT2D eigenvalue weighted by Gasteiger charge is -2.04. The van der Waals surface area contributed by atoms with Crippen LogP contribution in [0.1, 0.15) is 5.69 Å². The SMILES string of the molecule is CNc1ccnc2nc(C)ccc12. The number of aromatic nitrogens is 2. The van der Waals surface area contributed by atoms with Crippen molar-refractivity contribution in [3.8, 4) is 0 Å². The minimum atomic E-state index is 0.798. The van der Waals surface area contributed by atoms with Gasteiger partial charge in [-0.1, -0.05) is 0 Å². The van der Waals surface area contributed by atoms with Crippen molar-refractivity contribution in [2.24, 2.45) is 0 Å². The van der Waals surface area contributed by atoms with Gasteiger partial charge in [0.1, 0.15) is 0 Å². The molecule has 2 heterocycles. The molecule has 0 atom stereocenters. The predicted molar refractivity (Wildman–Crippen MR) is 53.8 cm³/mol. The first-order valence-corrected chi connectivity index (χ1v) is 4.21. The Kier molecular flexibility index (Phi) is 1.85. The number of hydrogen-bond donors (Lipinski definition) is 1. The zero-order valence-electron chi connectivity index (χ0n) is 7.70. The lowest BCUT2D eigenvalue weighted by atomic mass is 10.2. The second kappa shape index (κ2) is 3.01. The third-order valence-electron chi connectivity index (χ3n) is 2.01. The molecular weight excluding hydrogens is 162 g/mol. The summed E-state index contributed by atoms with van der Waals surface area (Å²) in [6.07, 6.45) is 1.76. The summed E-state index contributed by atoms with van der Waals surface area (Å²) < 4.78 is 0. The first kappa shape index (κ1) is 7.98. The Morgan fingerprint density at radius 2 is 2.08 bits per heavy atom. The van der Waals surface area contributed by atoms with Gasteiger partial charge in [-0.25, -0.2) is 9.97 Å². The van der Waals surface area contributed by atoms with Crippen molar-refractivity contribution in [3.05, 3.63) is 30.1 Å². The van der Waals surface area contributed by atoms with Gasteiger partial charge in [0.2, 0.25) is 0 Å². The van der Waals surface area contributed by atoms with Gasteiger partial charge in [0.05, 0.1) is 0 Å². The quantitative estimate of drug-likeness (QED) is 0.716. The van der Waals surface area contributed by atoms with Crippen LogP contribution < -0.4 is 5.32 Å². The van der Waals surface area contributed by atoms with Crippen molar-refractivity contribution in [2.45, 2.75) is 6.92 Å². The van der Waals surface area contributed by atoms with Crippen LogP contribution in [-0.2, 0) is 0 Å². The van der Waals surface area contributed by atoms with Crippen LogP contribution in [0.25, 0.3) is 11.0 Å². The van der Waals surface area contributed by atoms with E-state index in [-0.39, 0.29) is 0 Å². The molecule has 0 saturated carbocycles. The fraction of sp³-hybridized carbons (Fsp3) is 0.200. The van der Waals surface area contributed by atoms with Gasteiger partial charge in [-0.15, -0.1) is 0 Å². The molecule has 0 radical (unpaired) electrons. The van der Waals surface area contributed by atoms with Crippen molar-refractivity contribution in [1.29, 1.82) is 0 Å². The van der Waals surface area contributed by atoms with Gasteiger partial charge in [0.15, 0.2) is 5.65 Å². The number of hydrogen-bond acceptors (Lipinski definition) is 3. The van der Waals surface area contributed by atoms with Crippen molar-refractivity contribution in [1.82, 2.24) is 9.97 Å². The van der Waals surface area contributed by atoms with E-state index in [4.69, 9.17) is 0 Å². The maximum absolute atomic E-state index is 4.33. The minimum Gasteiger partial charge on any atom is -0.387 e. The highest BCUT2D eigenvalue weighted by atomic mass is 14.9. The molecule has 0 unspecified atom stereocenters. The first-order chi connectivity index (χ1) is 6.31. The standard InChI is InChI=1S/C10H11N3/c1-7-3-4-8-9(11-2)5-6-12-10(8)13-7/h3-6H,1-2H3,(H,11,12,13). The van der Waals surface area contributed by atoms with E-state index in [9.17, 15) is 0 Å². The maximum Gasteiger partial charge on any atom is 0.161 e. The Bertz CT molecular complexity index is 437. The van der Waals surface area contributed by atoms with Crippen LogP contribution in [0.2, 0.25) is 0 Å². The number of nitrogens with one attached hydrogen (secondary N) is 1. The van der Waals surface area contributed by atoms with Gasteiger partial charge >= 0.3 is 0 Å². The van der Waals surface area contributed by atoms with E-state index in [1.165, 1.54) is 0 Å². The molecule has 0 fully saturated rings. The highest BCUT2D eigenvalue weighted by Gasteiger charge is 2.00. The molecule has 0 aliphatic rings. The Labute approximate surface area is 76.8 Å². The molecule has 0 aromatic carbocycles. The topological polar surface area (TPSA) is 37.8 Å². The van der Waals surface area contributed by atoms with E-state index in [2.05, 4.69) is 15.3 Å². The monoisotopic (exact) mass is 173 g/mol. The molecule has 2 rings (SSSR count). The summed E-state index contributed by atoms with van der Waals surface area (Å²) in [4.78, 5) is 8.53. The summed E-state index contributed by atoms with van der Waals surface area (Å²) in [5.41, 5.74) is 2.86. The Morgan fingerprint density at radius 1 is 1.23 bits per heavy atom. The number of fused-ring (bicyclic) bond motifs is 1. The van der Waals surface area contributed by atoms with Crippen molar-refractivity contribution in [3.63, 3.8) is 0 Å². The van der Waals surface area contributed by atoms with Crippen LogP contribution in [-0.4, -0.2) is 17.0 Å². The van der Waals surface area contributed by atoms with Crippen LogP contribution in [0.15, 0.2) is 24.4 Å². The van der Waals surface area contributed by atoms with Gasteiger partial charge in [-0.3, -0.25) is 0 Å². The highest BCUT2D eigenvalue weighted by Crippen LogP contribution is 2.19. The summed E-state index contributed by atoms with van der Waals surface area (Å²) in [6, 6.07) is 5.97. The molecule has 0 aliphatic heterocycles. The number of aryl methyl sites for hydroxylation is 1. The molecule has 2 aromatic heterocycles. The van der Waals surface area contributed by atoms with E-state index in [1.807, 2.05) is 32.2 Å². The third kappa shape index (κ3) is 1.33. The lowest BCUT2D eigenvalue weighted by Crippen LogP contribution is -1.93. The second-order valence-electron chi connectivity index (χ2n) is 2.93. The summed E-state index contributed by atoms with van der Waals surface area (Å²) in [5.74, 6) is 0. The first-order valence-electron chi connectivity index (χ1n) is 4.21. The normalized spacial score (nSPS) is 10.3. The van der Waals surface area contributed by atoms with E-state index in [1.54, 1.807) is 6.20 Å². The van der Waals surface area contributed by atoms with Gasteiger partial charge in [0, 0.05) is 30.0 Å². The van der Waals surface area contributed by atoms with Gasteiger partial charge < -0.3 is 5.32 Å². The molecule has 3 nitrogen and oxygen atoms in total. The largest absolute Gasteiger partial charge is 0.387 e. The Morgan fingerprint density at radius 3 is 2.85 bits per heavy atom. The average Bonchev–Trinajstić information content (AvgIpc) is 2.16. The molecule has 2 aromatic rings. The van der Waals surface area contributed by atoms with Crippen LogP contribution in [0, 0.1) is 6.92 Å². The Balaban J connectivity index is 2.77. The molecule has 0 saturated heterocycles. The zero-order valence-corrected chi connectivity index (χ0v) is 7.70. The van der Waals surface area contributed by atoms with E-state index in [0.29, 0.717) is 0 Å². The van der Waals surface area contributed by atoms with Gasteiger partial charge in [-0.05, 0) is 25.1 Å². The number of anilines is 1. The average molecular weight is 173 g/mol. The van der Waals surface area contributed by atoms with Crippen LogP contribution in [0.4, 0.5) is 5.69 Å². The molecule has 13 heavy (non-hydrogen) atoms. The molecule has 0 amide bonds. The van der Waals surface area contributed by atoms with Crippen LogP contribution in [0.5, 0.6) is 0 Å². The molecule has 0 aliphatic carbocycles. The summed E-state index contributed by atoms with van der Waals surface area (Å²) in [5, 5.41) is 4.17. The molecule has 0 spiro atoms. The second-order valence-corrected chi connectivity index (χ2v) is 2.93. The third-order valence-corrected chi connectivity index (χ3v) is 2.01. The molecular formula is C10H11N3. The van der Waals surface area contributed by atoms with E-state index in [0.717, 1.165) is 22.4 Å². The van der Waals surface area contributed by atoms with Crippen LogP contribution >= 0.6 is 0 Å². The van der Waals surface area contributed by atoms with Crippen molar-refractivity contribution >= 4 is 16.7 Å². The number of pyridine rings is 2. The smallest absolute Gasteiger partial charge is 0.161 e. The lowest BCUT2D eigenvalue weighted by molar-refractivity contribution is 1.20. The van der Waals surface area contributed by atoms with E-state index >= 15 is 0 Å². The predicted octanol–water partition coefficient (Wildman–Crippen LogP) is 1.98. The minimum absolute atomic E-state index is 0.798. The fourth-order valence-electron chi connectivity index (χ4n) is 1.34.